The fourth-order valence-corrected chi connectivity index (χ4v) is 1.39. The molecule has 2 N–H and O–H groups in total. The van der Waals surface area contributed by atoms with Crippen molar-refractivity contribution in [1.29, 1.82) is 0 Å². The third-order valence-corrected chi connectivity index (χ3v) is 1.96. The van der Waals surface area contributed by atoms with E-state index in [0.29, 0.717) is 0 Å². The van der Waals surface area contributed by atoms with Crippen molar-refractivity contribution in [3.63, 3.8) is 0 Å². The third-order valence-electron chi connectivity index (χ3n) is 1.96. The molecule has 0 fully saturated rings. The summed E-state index contributed by atoms with van der Waals surface area (Å²) in [5.41, 5.74) is 5.19. The highest BCUT2D eigenvalue weighted by Gasteiger charge is 2.25. The van der Waals surface area contributed by atoms with Gasteiger partial charge in [-0.25, -0.2) is 0 Å². The van der Waals surface area contributed by atoms with Gasteiger partial charge in [-0.3, -0.25) is 4.79 Å². The minimum absolute atomic E-state index is 0.175. The van der Waals surface area contributed by atoms with Gasteiger partial charge in [-0.2, -0.15) is 0 Å². The van der Waals surface area contributed by atoms with E-state index in [0.717, 1.165) is 0 Å². The van der Waals surface area contributed by atoms with Crippen LogP contribution in [0.5, 0.6) is 0 Å². The summed E-state index contributed by atoms with van der Waals surface area (Å²) in [4.78, 5) is 11.6. The van der Waals surface area contributed by atoms with E-state index in [1.165, 1.54) is 0 Å². The van der Waals surface area contributed by atoms with E-state index in [-0.39, 0.29) is 30.1 Å². The Morgan fingerprint density at radius 2 is 1.59 bits per heavy atom. The Morgan fingerprint density at radius 3 is 1.94 bits per heavy atom. The molecule has 0 aliphatic heterocycles. The molecular weight excluding hydrogens is 218 g/mol. The lowest BCUT2D eigenvalue weighted by Crippen LogP contribution is -2.41. The largest absolute Gasteiger partial charge is 0.460 e. The maximum absolute atomic E-state index is 11.6. The van der Waals surface area contributed by atoms with Crippen molar-refractivity contribution >= 4 is 5.97 Å². The van der Waals surface area contributed by atoms with E-state index in [1.807, 2.05) is 48.5 Å². The van der Waals surface area contributed by atoms with Crippen LogP contribution in [0.15, 0.2) is 0 Å². The Labute approximate surface area is 105 Å². The topological polar surface area (TPSA) is 61.5 Å². The molecule has 0 aromatic heterocycles. The molecule has 4 heteroatoms. The van der Waals surface area contributed by atoms with Crippen molar-refractivity contribution in [2.24, 2.45) is 5.73 Å². The average molecular weight is 245 g/mol. The predicted octanol–water partition coefficient (Wildman–Crippen LogP) is 2.25. The second-order valence-electron chi connectivity index (χ2n) is 6.39. The molecular formula is C13H27NO3. The summed E-state index contributed by atoms with van der Waals surface area (Å²) in [6.07, 6.45) is -0.00311. The fourth-order valence-electron chi connectivity index (χ4n) is 1.39. The Balaban J connectivity index is 4.17. The Bertz CT molecular complexity index is 250. The summed E-state index contributed by atoms with van der Waals surface area (Å²) in [6.45, 7) is 13.3. The highest BCUT2D eigenvalue weighted by atomic mass is 16.6. The van der Waals surface area contributed by atoms with Crippen molar-refractivity contribution in [3.05, 3.63) is 0 Å². The first kappa shape index (κ1) is 16.4. The molecule has 0 aliphatic rings. The zero-order chi connectivity index (χ0) is 13.9. The van der Waals surface area contributed by atoms with Gasteiger partial charge in [0.05, 0.1) is 18.1 Å². The third kappa shape index (κ3) is 9.12. The molecule has 0 unspecified atom stereocenters. The van der Waals surface area contributed by atoms with Gasteiger partial charge in [0.25, 0.3) is 0 Å². The molecule has 102 valence electrons. The first-order valence-electron chi connectivity index (χ1n) is 6.06. The van der Waals surface area contributed by atoms with Gasteiger partial charge in [-0.05, 0) is 48.5 Å². The molecule has 0 aliphatic carbocycles. The quantitative estimate of drug-likeness (QED) is 0.772. The van der Waals surface area contributed by atoms with Gasteiger partial charge in [0.2, 0.25) is 0 Å². The van der Waals surface area contributed by atoms with Crippen molar-refractivity contribution in [2.75, 3.05) is 0 Å². The maximum Gasteiger partial charge on any atom is 0.307 e. The van der Waals surface area contributed by atoms with Gasteiger partial charge in [0.1, 0.15) is 5.60 Å². The highest BCUT2D eigenvalue weighted by Crippen LogP contribution is 2.15. The van der Waals surface area contributed by atoms with Crippen LogP contribution in [0.4, 0.5) is 0 Å². The first-order chi connectivity index (χ1) is 7.41. The van der Waals surface area contributed by atoms with Crippen LogP contribution in [0.1, 0.15) is 54.9 Å². The Hall–Kier alpha value is -0.610. The first-order valence-corrected chi connectivity index (χ1v) is 6.06. The predicted molar refractivity (Wildman–Crippen MR) is 68.7 cm³/mol. The van der Waals surface area contributed by atoms with E-state index in [4.69, 9.17) is 15.2 Å². The van der Waals surface area contributed by atoms with Crippen LogP contribution in [0.2, 0.25) is 0 Å². The molecule has 0 aromatic carbocycles. The SMILES string of the molecule is C[C@H](OC(C)(C)C)[C@@H](N)CC(=O)OC(C)(C)C. The second-order valence-corrected chi connectivity index (χ2v) is 6.39. The van der Waals surface area contributed by atoms with Gasteiger partial charge in [-0.15, -0.1) is 0 Å². The summed E-state index contributed by atoms with van der Waals surface area (Å²) in [6, 6.07) is -0.343. The van der Waals surface area contributed by atoms with Crippen LogP contribution in [0.3, 0.4) is 0 Å². The monoisotopic (exact) mass is 245 g/mol. The van der Waals surface area contributed by atoms with Crippen molar-refractivity contribution in [1.82, 2.24) is 0 Å². The van der Waals surface area contributed by atoms with E-state index in [9.17, 15) is 4.79 Å². The zero-order valence-corrected chi connectivity index (χ0v) is 12.2. The summed E-state index contributed by atoms with van der Waals surface area (Å²) in [7, 11) is 0. The number of hydrogen-bond acceptors (Lipinski definition) is 4. The van der Waals surface area contributed by atoms with Gasteiger partial charge in [-0.1, -0.05) is 0 Å². The van der Waals surface area contributed by atoms with Crippen LogP contribution in [0, 0.1) is 0 Å². The van der Waals surface area contributed by atoms with Crippen LogP contribution >= 0.6 is 0 Å². The van der Waals surface area contributed by atoms with Gasteiger partial charge < -0.3 is 15.2 Å². The molecule has 0 saturated carbocycles. The van der Waals surface area contributed by atoms with E-state index in [1.54, 1.807) is 0 Å². The average Bonchev–Trinajstić information content (AvgIpc) is 1.95. The molecule has 0 aromatic rings. The van der Waals surface area contributed by atoms with Crippen LogP contribution in [-0.4, -0.2) is 29.3 Å². The number of esters is 1. The molecule has 0 amide bonds. The van der Waals surface area contributed by atoms with Gasteiger partial charge in [0.15, 0.2) is 0 Å². The lowest BCUT2D eigenvalue weighted by molar-refractivity contribution is -0.156. The number of hydrogen-bond donors (Lipinski definition) is 1. The standard InChI is InChI=1S/C13H27NO3/c1-9(16-12(2,3)4)10(14)8-11(15)17-13(5,6)7/h9-10H,8,14H2,1-7H3/t9-,10-/m0/s1. The van der Waals surface area contributed by atoms with Crippen LogP contribution in [-0.2, 0) is 14.3 Å². The minimum atomic E-state index is -0.467. The fraction of sp³-hybridized carbons (Fsp3) is 0.923. The number of ether oxygens (including phenoxy) is 2. The number of rotatable bonds is 4. The Morgan fingerprint density at radius 1 is 1.12 bits per heavy atom. The molecule has 0 radical (unpaired) electrons. The summed E-state index contributed by atoms with van der Waals surface area (Å²) in [5, 5.41) is 0. The molecule has 0 spiro atoms. The van der Waals surface area contributed by atoms with Crippen LogP contribution < -0.4 is 5.73 Å². The molecule has 0 bridgehead atoms. The van der Waals surface area contributed by atoms with Gasteiger partial charge >= 0.3 is 5.97 Å². The van der Waals surface area contributed by atoms with E-state index < -0.39 is 5.60 Å². The molecule has 2 atom stereocenters. The minimum Gasteiger partial charge on any atom is -0.460 e. The highest BCUT2D eigenvalue weighted by molar-refractivity contribution is 5.70. The van der Waals surface area contributed by atoms with Crippen molar-refractivity contribution in [3.8, 4) is 0 Å². The zero-order valence-electron chi connectivity index (χ0n) is 12.2. The van der Waals surface area contributed by atoms with Gasteiger partial charge in [0, 0.05) is 6.04 Å². The number of nitrogens with two attached hydrogens (primary N) is 1. The van der Waals surface area contributed by atoms with E-state index in [2.05, 4.69) is 0 Å². The summed E-state index contributed by atoms with van der Waals surface area (Å²) < 4.78 is 10.9. The molecule has 0 rings (SSSR count). The smallest absolute Gasteiger partial charge is 0.307 e. The lowest BCUT2D eigenvalue weighted by Gasteiger charge is -2.29. The molecule has 17 heavy (non-hydrogen) atoms. The second kappa shape index (κ2) is 5.83. The summed E-state index contributed by atoms with van der Waals surface area (Å²) in [5.74, 6) is -0.283. The summed E-state index contributed by atoms with van der Waals surface area (Å²) >= 11 is 0. The van der Waals surface area contributed by atoms with Crippen molar-refractivity contribution < 1.29 is 14.3 Å². The number of carbonyl (C=O) groups excluding carboxylic acids is 1. The molecule has 0 saturated heterocycles. The maximum atomic E-state index is 11.6. The molecule has 4 nitrogen and oxygen atoms in total. The normalized spacial score (nSPS) is 16.5. The van der Waals surface area contributed by atoms with Crippen molar-refractivity contribution in [2.45, 2.75) is 78.2 Å². The lowest BCUT2D eigenvalue weighted by atomic mass is 10.1. The molecule has 0 heterocycles. The van der Waals surface area contributed by atoms with Crippen LogP contribution in [0.25, 0.3) is 0 Å². The number of carbonyl (C=O) groups is 1. The Kier molecular flexibility index (Phi) is 5.62. The van der Waals surface area contributed by atoms with E-state index >= 15 is 0 Å².